The molecule has 0 spiro atoms. The van der Waals surface area contributed by atoms with Gasteiger partial charge >= 0.3 is 0 Å². The summed E-state index contributed by atoms with van der Waals surface area (Å²) in [7, 11) is 0. The molecule has 2 N–H and O–H groups in total. The van der Waals surface area contributed by atoms with Gasteiger partial charge in [-0.3, -0.25) is 0 Å². The highest BCUT2D eigenvalue weighted by molar-refractivity contribution is 7.09. The van der Waals surface area contributed by atoms with E-state index in [9.17, 15) is 0 Å². The summed E-state index contributed by atoms with van der Waals surface area (Å²) in [5, 5.41) is 1.08. The Bertz CT molecular complexity index is 733. The van der Waals surface area contributed by atoms with Crippen LogP contribution in [-0.2, 0) is 24.3 Å². The number of thiazole rings is 1. The molecule has 1 aromatic carbocycles. The lowest BCUT2D eigenvalue weighted by Crippen LogP contribution is -2.03. The van der Waals surface area contributed by atoms with Gasteiger partial charge in [-0.1, -0.05) is 18.2 Å². The second-order valence-corrected chi connectivity index (χ2v) is 5.81. The van der Waals surface area contributed by atoms with Crippen LogP contribution in [0.1, 0.15) is 21.9 Å². The Morgan fingerprint density at radius 1 is 1.33 bits per heavy atom. The number of aryl methyl sites for hydroxylation is 1. The third-order valence-corrected chi connectivity index (χ3v) is 4.53. The molecule has 21 heavy (non-hydrogen) atoms. The van der Waals surface area contributed by atoms with Crippen LogP contribution in [0.25, 0.3) is 11.0 Å². The largest absolute Gasteiger partial charge is 0.458 e. The zero-order valence-electron chi connectivity index (χ0n) is 12.0. The highest BCUT2D eigenvalue weighted by Gasteiger charge is 2.12. The van der Waals surface area contributed by atoms with Gasteiger partial charge in [0.25, 0.3) is 0 Å². The fraction of sp³-hybridized carbons (Fsp3) is 0.312. The van der Waals surface area contributed by atoms with Gasteiger partial charge in [0.2, 0.25) is 0 Å². The van der Waals surface area contributed by atoms with Crippen molar-refractivity contribution in [1.82, 2.24) is 4.98 Å². The lowest BCUT2D eigenvalue weighted by Gasteiger charge is -2.03. The van der Waals surface area contributed by atoms with Crippen LogP contribution in [0.4, 0.5) is 0 Å². The minimum atomic E-state index is 0.457. The Hall–Kier alpha value is -1.69. The lowest BCUT2D eigenvalue weighted by molar-refractivity contribution is 0.109. The number of hydrogen-bond donors (Lipinski definition) is 1. The summed E-state index contributed by atoms with van der Waals surface area (Å²) >= 11 is 1.67. The molecule has 0 aliphatic carbocycles. The molecule has 0 saturated carbocycles. The van der Waals surface area contributed by atoms with Crippen LogP contribution >= 0.6 is 11.3 Å². The van der Waals surface area contributed by atoms with Gasteiger partial charge in [0.05, 0.1) is 17.8 Å². The standard InChI is InChI=1S/C16H18N2O2S/c1-11-16(21-10-18-11)6-7-19-9-15-13(8-17)12-4-2-3-5-14(12)20-15/h2-5,10H,6-9,17H2,1H3. The van der Waals surface area contributed by atoms with Gasteiger partial charge in [-0.2, -0.15) is 0 Å². The number of para-hydroxylation sites is 1. The van der Waals surface area contributed by atoms with Crippen molar-refractivity contribution in [3.8, 4) is 0 Å². The second kappa shape index (κ2) is 6.39. The molecule has 0 aliphatic heterocycles. The van der Waals surface area contributed by atoms with E-state index in [1.807, 2.05) is 36.7 Å². The third-order valence-electron chi connectivity index (χ3n) is 3.54. The average molecular weight is 302 g/mol. The highest BCUT2D eigenvalue weighted by Crippen LogP contribution is 2.26. The van der Waals surface area contributed by atoms with Crippen molar-refractivity contribution in [3.05, 3.63) is 51.7 Å². The summed E-state index contributed by atoms with van der Waals surface area (Å²) in [6.45, 7) is 3.60. The van der Waals surface area contributed by atoms with E-state index in [2.05, 4.69) is 4.98 Å². The molecule has 0 atom stereocenters. The fourth-order valence-corrected chi connectivity index (χ4v) is 3.15. The Balaban J connectivity index is 1.64. The number of fused-ring (bicyclic) bond motifs is 1. The van der Waals surface area contributed by atoms with Crippen LogP contribution in [0, 0.1) is 6.92 Å². The van der Waals surface area contributed by atoms with E-state index in [-0.39, 0.29) is 0 Å². The first kappa shape index (κ1) is 14.3. The molecule has 3 rings (SSSR count). The van der Waals surface area contributed by atoms with Crippen LogP contribution < -0.4 is 5.73 Å². The lowest BCUT2D eigenvalue weighted by atomic mass is 10.1. The first-order valence-electron chi connectivity index (χ1n) is 6.95. The molecule has 0 bridgehead atoms. The Morgan fingerprint density at radius 2 is 2.19 bits per heavy atom. The molecule has 0 fully saturated rings. The summed E-state index contributed by atoms with van der Waals surface area (Å²) in [6.07, 6.45) is 0.884. The molecule has 110 valence electrons. The Morgan fingerprint density at radius 3 is 2.95 bits per heavy atom. The van der Waals surface area contributed by atoms with Gasteiger partial charge in [-0.25, -0.2) is 4.98 Å². The van der Waals surface area contributed by atoms with Crippen molar-refractivity contribution in [2.75, 3.05) is 6.61 Å². The van der Waals surface area contributed by atoms with Crippen LogP contribution in [-0.4, -0.2) is 11.6 Å². The van der Waals surface area contributed by atoms with Crippen molar-refractivity contribution < 1.29 is 9.15 Å². The van der Waals surface area contributed by atoms with E-state index in [1.165, 1.54) is 4.88 Å². The summed E-state index contributed by atoms with van der Waals surface area (Å²) < 4.78 is 11.6. The normalized spacial score (nSPS) is 11.3. The average Bonchev–Trinajstić information content (AvgIpc) is 3.06. The molecular formula is C16H18N2O2S. The van der Waals surface area contributed by atoms with Crippen molar-refractivity contribution in [3.63, 3.8) is 0 Å². The molecule has 0 unspecified atom stereocenters. The van der Waals surface area contributed by atoms with Gasteiger partial charge in [0, 0.05) is 28.8 Å². The highest BCUT2D eigenvalue weighted by atomic mass is 32.1. The fourth-order valence-electron chi connectivity index (χ4n) is 2.39. The molecule has 0 amide bonds. The minimum absolute atomic E-state index is 0.457. The van der Waals surface area contributed by atoms with Crippen LogP contribution in [0.2, 0.25) is 0 Å². The maximum absolute atomic E-state index is 5.84. The van der Waals surface area contributed by atoms with Crippen molar-refractivity contribution in [2.45, 2.75) is 26.5 Å². The molecule has 4 nitrogen and oxygen atoms in total. The van der Waals surface area contributed by atoms with Crippen LogP contribution in [0.15, 0.2) is 34.2 Å². The molecule has 3 aromatic rings. The van der Waals surface area contributed by atoms with Crippen LogP contribution in [0.3, 0.4) is 0 Å². The summed E-state index contributed by atoms with van der Waals surface area (Å²) in [4.78, 5) is 5.51. The zero-order valence-corrected chi connectivity index (χ0v) is 12.8. The van der Waals surface area contributed by atoms with Crippen molar-refractivity contribution in [1.29, 1.82) is 0 Å². The van der Waals surface area contributed by atoms with Gasteiger partial charge in [-0.15, -0.1) is 11.3 Å². The van der Waals surface area contributed by atoms with E-state index < -0.39 is 0 Å². The molecular weight excluding hydrogens is 284 g/mol. The quantitative estimate of drug-likeness (QED) is 0.709. The number of furan rings is 1. The number of hydrogen-bond acceptors (Lipinski definition) is 5. The van der Waals surface area contributed by atoms with Crippen LogP contribution in [0.5, 0.6) is 0 Å². The number of nitrogens with two attached hydrogens (primary N) is 1. The number of nitrogens with zero attached hydrogens (tertiary/aromatic N) is 1. The smallest absolute Gasteiger partial charge is 0.135 e. The monoisotopic (exact) mass is 302 g/mol. The molecule has 0 saturated heterocycles. The van der Waals surface area contributed by atoms with Crippen molar-refractivity contribution >= 4 is 22.3 Å². The van der Waals surface area contributed by atoms with E-state index in [4.69, 9.17) is 14.9 Å². The molecule has 5 heteroatoms. The Labute approximate surface area is 127 Å². The van der Waals surface area contributed by atoms with Gasteiger partial charge < -0.3 is 14.9 Å². The number of benzene rings is 1. The van der Waals surface area contributed by atoms with E-state index in [1.54, 1.807) is 11.3 Å². The van der Waals surface area contributed by atoms with E-state index in [0.717, 1.165) is 34.4 Å². The molecule has 0 radical (unpaired) electrons. The molecule has 2 aromatic heterocycles. The maximum atomic E-state index is 5.84. The first-order chi connectivity index (χ1) is 10.3. The van der Waals surface area contributed by atoms with Gasteiger partial charge in [-0.05, 0) is 13.0 Å². The number of rotatable bonds is 6. The van der Waals surface area contributed by atoms with E-state index in [0.29, 0.717) is 19.8 Å². The minimum Gasteiger partial charge on any atom is -0.458 e. The predicted octanol–water partition coefficient (Wildman–Crippen LogP) is 3.42. The third kappa shape index (κ3) is 3.00. The predicted molar refractivity (Wildman–Crippen MR) is 84.3 cm³/mol. The van der Waals surface area contributed by atoms with E-state index >= 15 is 0 Å². The maximum Gasteiger partial charge on any atom is 0.135 e. The zero-order chi connectivity index (χ0) is 14.7. The Kier molecular flexibility index (Phi) is 4.34. The summed E-state index contributed by atoms with van der Waals surface area (Å²) in [5.41, 5.74) is 10.7. The molecule has 0 aliphatic rings. The number of ether oxygens (including phenoxy) is 1. The topological polar surface area (TPSA) is 61.3 Å². The number of aromatic nitrogens is 1. The summed E-state index contributed by atoms with van der Waals surface area (Å²) in [5.74, 6) is 0.833. The van der Waals surface area contributed by atoms with Gasteiger partial charge in [0.1, 0.15) is 18.0 Å². The molecule has 2 heterocycles. The van der Waals surface area contributed by atoms with Crippen molar-refractivity contribution in [2.24, 2.45) is 5.73 Å². The first-order valence-corrected chi connectivity index (χ1v) is 7.83. The second-order valence-electron chi connectivity index (χ2n) is 4.87. The SMILES string of the molecule is Cc1ncsc1CCOCc1oc2ccccc2c1CN. The summed E-state index contributed by atoms with van der Waals surface area (Å²) in [6, 6.07) is 7.95. The van der Waals surface area contributed by atoms with Gasteiger partial charge in [0.15, 0.2) is 0 Å².